The molecule has 0 aliphatic carbocycles. The molecule has 0 unspecified atom stereocenters. The van der Waals surface area contributed by atoms with Gasteiger partial charge in [-0.15, -0.1) is 11.3 Å². The van der Waals surface area contributed by atoms with E-state index in [0.29, 0.717) is 16.5 Å². The van der Waals surface area contributed by atoms with Gasteiger partial charge in [0.25, 0.3) is 5.91 Å². The first-order valence-corrected chi connectivity index (χ1v) is 7.29. The molecule has 0 aliphatic rings. The van der Waals surface area contributed by atoms with E-state index in [0.717, 1.165) is 8.04 Å². The van der Waals surface area contributed by atoms with E-state index in [1.165, 1.54) is 11.3 Å². The number of halogens is 2. The minimum Gasteiger partial charge on any atom is -0.375 e. The molecule has 17 heavy (non-hydrogen) atoms. The Labute approximate surface area is 124 Å². The van der Waals surface area contributed by atoms with Crippen LogP contribution in [0.2, 0.25) is 0 Å². The number of rotatable bonds is 2. The summed E-state index contributed by atoms with van der Waals surface area (Å²) < 4.78 is 2.02. The van der Waals surface area contributed by atoms with Crippen molar-refractivity contribution in [2.75, 3.05) is 11.1 Å². The Morgan fingerprint density at radius 3 is 2.88 bits per heavy atom. The number of carbonyl (C=O) groups is 1. The van der Waals surface area contributed by atoms with Crippen LogP contribution in [0.1, 0.15) is 10.5 Å². The summed E-state index contributed by atoms with van der Waals surface area (Å²) in [6.07, 6.45) is 0. The van der Waals surface area contributed by atoms with Gasteiger partial charge in [-0.2, -0.15) is 0 Å². The van der Waals surface area contributed by atoms with E-state index in [2.05, 4.69) is 48.8 Å². The van der Waals surface area contributed by atoms with Crippen molar-refractivity contribution in [2.24, 2.45) is 0 Å². The van der Waals surface area contributed by atoms with Crippen LogP contribution in [-0.4, -0.2) is 10.9 Å². The van der Waals surface area contributed by atoms with Gasteiger partial charge in [-0.3, -0.25) is 4.79 Å². The number of anilines is 2. The van der Waals surface area contributed by atoms with Gasteiger partial charge >= 0.3 is 0 Å². The van der Waals surface area contributed by atoms with Crippen molar-refractivity contribution >= 4 is 66.6 Å². The van der Waals surface area contributed by atoms with E-state index >= 15 is 0 Å². The highest BCUT2D eigenvalue weighted by Crippen LogP contribution is 2.23. The fourth-order valence-electron chi connectivity index (χ4n) is 1.16. The molecule has 4 nitrogen and oxygen atoms in total. The first kappa shape index (κ1) is 12.8. The minimum atomic E-state index is -0.258. The molecule has 88 valence electrons. The molecule has 1 aromatic heterocycles. The first-order valence-electron chi connectivity index (χ1n) is 4.53. The molecular formula is C10H7BrIN3OS. The van der Waals surface area contributed by atoms with Crippen LogP contribution in [0, 0.1) is 3.57 Å². The minimum absolute atomic E-state index is 0.258. The molecule has 0 radical (unpaired) electrons. The van der Waals surface area contributed by atoms with Gasteiger partial charge in [0.05, 0.1) is 0 Å². The number of hydrogen-bond acceptors (Lipinski definition) is 4. The molecule has 1 amide bonds. The van der Waals surface area contributed by atoms with Crippen molar-refractivity contribution in [1.29, 1.82) is 0 Å². The van der Waals surface area contributed by atoms with E-state index in [1.807, 2.05) is 18.2 Å². The fourth-order valence-corrected chi connectivity index (χ4v) is 2.42. The predicted octanol–water partition coefficient (Wildman–Crippen LogP) is 3.34. The van der Waals surface area contributed by atoms with Gasteiger partial charge in [0.1, 0.15) is 5.69 Å². The summed E-state index contributed by atoms with van der Waals surface area (Å²) in [7, 11) is 0. The number of nitrogens with two attached hydrogens (primary N) is 1. The van der Waals surface area contributed by atoms with Crippen LogP contribution in [0.5, 0.6) is 0 Å². The topological polar surface area (TPSA) is 68.0 Å². The smallest absolute Gasteiger partial charge is 0.275 e. The quantitative estimate of drug-likeness (QED) is 0.728. The second kappa shape index (κ2) is 5.32. The van der Waals surface area contributed by atoms with Gasteiger partial charge in [0.2, 0.25) is 0 Å². The number of aromatic nitrogens is 1. The molecular weight excluding hydrogens is 417 g/mol. The van der Waals surface area contributed by atoms with Crippen LogP contribution >= 0.6 is 49.9 Å². The van der Waals surface area contributed by atoms with Crippen molar-refractivity contribution < 1.29 is 4.79 Å². The molecule has 0 spiro atoms. The van der Waals surface area contributed by atoms with E-state index in [-0.39, 0.29) is 5.91 Å². The monoisotopic (exact) mass is 423 g/mol. The highest BCUT2D eigenvalue weighted by molar-refractivity contribution is 14.1. The highest BCUT2D eigenvalue weighted by atomic mass is 127. The van der Waals surface area contributed by atoms with Crippen molar-refractivity contribution in [1.82, 2.24) is 4.98 Å². The number of nitrogens with one attached hydrogen (secondary N) is 1. The average molecular weight is 424 g/mol. The summed E-state index contributed by atoms with van der Waals surface area (Å²) >= 11 is 6.85. The lowest BCUT2D eigenvalue weighted by molar-refractivity contribution is 0.102. The molecule has 7 heteroatoms. The molecule has 1 heterocycles. The molecule has 2 rings (SSSR count). The van der Waals surface area contributed by atoms with E-state index in [9.17, 15) is 4.79 Å². The molecule has 0 aliphatic heterocycles. The first-order chi connectivity index (χ1) is 8.06. The molecule has 0 bridgehead atoms. The fraction of sp³-hybridized carbons (Fsp3) is 0. The van der Waals surface area contributed by atoms with Crippen LogP contribution in [0.25, 0.3) is 0 Å². The number of nitrogen functional groups attached to an aromatic ring is 1. The van der Waals surface area contributed by atoms with Crippen LogP contribution in [0.3, 0.4) is 0 Å². The van der Waals surface area contributed by atoms with Crippen LogP contribution in [0.15, 0.2) is 28.1 Å². The Bertz CT molecular complexity index is 572. The maximum atomic E-state index is 11.8. The zero-order valence-corrected chi connectivity index (χ0v) is 13.0. The average Bonchev–Trinajstić information content (AvgIpc) is 2.70. The number of nitrogens with zero attached hydrogens (tertiary/aromatic N) is 1. The molecule has 2 aromatic rings. The predicted molar refractivity (Wildman–Crippen MR) is 81.3 cm³/mol. The Morgan fingerprint density at radius 1 is 1.53 bits per heavy atom. The van der Waals surface area contributed by atoms with Gasteiger partial charge in [0.15, 0.2) is 5.13 Å². The van der Waals surface area contributed by atoms with Gasteiger partial charge in [-0.1, -0.05) is 0 Å². The number of hydrogen-bond donors (Lipinski definition) is 2. The second-order valence-corrected chi connectivity index (χ2v) is 6.06. The SMILES string of the molecule is Nc1nc(C(=O)Nc2ccc(I)c(Br)c2)cs1. The van der Waals surface area contributed by atoms with Crippen molar-refractivity contribution in [2.45, 2.75) is 0 Å². The molecule has 0 fully saturated rings. The highest BCUT2D eigenvalue weighted by Gasteiger charge is 2.10. The van der Waals surface area contributed by atoms with Gasteiger partial charge < -0.3 is 11.1 Å². The van der Waals surface area contributed by atoms with E-state index in [4.69, 9.17) is 5.73 Å². The Kier molecular flexibility index (Phi) is 4.00. The summed E-state index contributed by atoms with van der Waals surface area (Å²) in [6.45, 7) is 0. The number of thiazole rings is 1. The molecule has 3 N–H and O–H groups in total. The lowest BCUT2D eigenvalue weighted by Crippen LogP contribution is -2.12. The summed E-state index contributed by atoms with van der Waals surface area (Å²) in [5, 5.41) is 4.78. The zero-order chi connectivity index (χ0) is 12.4. The van der Waals surface area contributed by atoms with Crippen molar-refractivity contribution in [3.8, 4) is 0 Å². The molecule has 0 saturated carbocycles. The van der Waals surface area contributed by atoms with E-state index in [1.54, 1.807) is 5.38 Å². The maximum absolute atomic E-state index is 11.8. The third-order valence-corrected chi connectivity index (χ3v) is 4.94. The molecule has 0 saturated heterocycles. The van der Waals surface area contributed by atoms with Gasteiger partial charge in [0, 0.05) is 19.1 Å². The molecule has 0 atom stereocenters. The lowest BCUT2D eigenvalue weighted by Gasteiger charge is -2.04. The van der Waals surface area contributed by atoms with Crippen molar-refractivity contribution in [3.05, 3.63) is 37.3 Å². The largest absolute Gasteiger partial charge is 0.375 e. The third-order valence-electron chi connectivity index (χ3n) is 1.93. The number of amides is 1. The van der Waals surface area contributed by atoms with E-state index < -0.39 is 0 Å². The Hall–Kier alpha value is -0.670. The maximum Gasteiger partial charge on any atom is 0.275 e. The summed E-state index contributed by atoms with van der Waals surface area (Å²) in [4.78, 5) is 15.7. The molecule has 1 aromatic carbocycles. The standard InChI is InChI=1S/C10H7BrIN3OS/c11-6-3-5(1-2-7(6)12)14-9(16)8-4-17-10(13)15-8/h1-4H,(H2,13,15)(H,14,16). The summed E-state index contributed by atoms with van der Waals surface area (Å²) in [5.41, 5.74) is 6.52. The summed E-state index contributed by atoms with van der Waals surface area (Å²) in [5.74, 6) is -0.258. The van der Waals surface area contributed by atoms with Crippen LogP contribution in [0.4, 0.5) is 10.8 Å². The third kappa shape index (κ3) is 3.17. The number of benzene rings is 1. The normalized spacial score (nSPS) is 10.2. The van der Waals surface area contributed by atoms with Gasteiger partial charge in [-0.05, 0) is 56.7 Å². The Morgan fingerprint density at radius 2 is 2.29 bits per heavy atom. The van der Waals surface area contributed by atoms with Crippen LogP contribution in [-0.2, 0) is 0 Å². The number of carbonyl (C=O) groups excluding carboxylic acids is 1. The van der Waals surface area contributed by atoms with Crippen LogP contribution < -0.4 is 11.1 Å². The summed E-state index contributed by atoms with van der Waals surface area (Å²) in [6, 6.07) is 5.59. The zero-order valence-electron chi connectivity index (χ0n) is 8.41. The Balaban J connectivity index is 2.15. The van der Waals surface area contributed by atoms with Gasteiger partial charge in [-0.25, -0.2) is 4.98 Å². The van der Waals surface area contributed by atoms with Crippen molar-refractivity contribution in [3.63, 3.8) is 0 Å². The lowest BCUT2D eigenvalue weighted by atomic mass is 10.3. The second-order valence-electron chi connectivity index (χ2n) is 3.15.